The molecule has 4 N–H and O–H groups in total. The quantitative estimate of drug-likeness (QED) is 0.252. The van der Waals surface area contributed by atoms with Crippen LogP contribution in [0, 0.1) is 17.5 Å². The van der Waals surface area contributed by atoms with E-state index in [2.05, 4.69) is 15.3 Å². The first-order valence-corrected chi connectivity index (χ1v) is 14.2. The van der Waals surface area contributed by atoms with Crippen molar-refractivity contribution in [2.24, 2.45) is 5.73 Å². The maximum Gasteiger partial charge on any atom is 0.267 e. The Hall–Kier alpha value is -3.55. The van der Waals surface area contributed by atoms with E-state index in [1.165, 1.54) is 23.5 Å². The SMILES string of the molecule is C[C@H](N)CNc1nccc(-c2sc(C(C)(C)C)nc2-c2cccc(NS(=O)(=O)c3c(F)cccc3F)c2F)n1. The largest absolute Gasteiger partial charge is 0.353 e. The molecule has 0 unspecified atom stereocenters. The van der Waals surface area contributed by atoms with E-state index in [1.807, 2.05) is 32.4 Å². The topological polar surface area (TPSA) is 123 Å². The van der Waals surface area contributed by atoms with Gasteiger partial charge in [0.2, 0.25) is 5.95 Å². The minimum absolute atomic E-state index is 0.0188. The Labute approximate surface area is 228 Å². The molecule has 206 valence electrons. The van der Waals surface area contributed by atoms with Crippen LogP contribution in [0.1, 0.15) is 32.7 Å². The Kier molecular flexibility index (Phi) is 7.96. The highest BCUT2D eigenvalue weighted by Crippen LogP contribution is 2.42. The molecular weight excluding hydrogens is 549 g/mol. The van der Waals surface area contributed by atoms with Crippen molar-refractivity contribution in [1.29, 1.82) is 0 Å². The number of thiazole rings is 1. The molecule has 0 aliphatic heterocycles. The standard InChI is InChI=1S/C26H27F3N6O2S2/c1-14(30)13-32-25-31-12-11-19(33-25)22-21(34-24(38-22)26(2,3)4)15-7-5-10-18(20(15)29)35-39(36,37)23-16(27)8-6-9-17(23)28/h5-12,14,35H,13,30H2,1-4H3,(H,31,32,33)/t14-/m0/s1. The van der Waals surface area contributed by atoms with Gasteiger partial charge in [-0.05, 0) is 37.3 Å². The smallest absolute Gasteiger partial charge is 0.267 e. The molecule has 0 spiro atoms. The van der Waals surface area contributed by atoms with Crippen molar-refractivity contribution in [3.05, 3.63) is 71.1 Å². The predicted molar refractivity (Wildman–Crippen MR) is 147 cm³/mol. The van der Waals surface area contributed by atoms with Gasteiger partial charge < -0.3 is 11.1 Å². The summed E-state index contributed by atoms with van der Waals surface area (Å²) in [5.41, 5.74) is 5.61. The van der Waals surface area contributed by atoms with Gasteiger partial charge in [0.25, 0.3) is 10.0 Å². The van der Waals surface area contributed by atoms with E-state index < -0.39 is 43.5 Å². The van der Waals surface area contributed by atoms with Crippen molar-refractivity contribution in [2.75, 3.05) is 16.6 Å². The van der Waals surface area contributed by atoms with Crippen LogP contribution in [-0.2, 0) is 15.4 Å². The van der Waals surface area contributed by atoms with Crippen molar-refractivity contribution in [2.45, 2.75) is 44.0 Å². The molecule has 0 saturated heterocycles. The summed E-state index contributed by atoms with van der Waals surface area (Å²) in [6, 6.07) is 8.19. The lowest BCUT2D eigenvalue weighted by molar-refractivity contribution is 0.521. The number of rotatable bonds is 8. The van der Waals surface area contributed by atoms with Crippen molar-refractivity contribution in [1.82, 2.24) is 15.0 Å². The van der Waals surface area contributed by atoms with Gasteiger partial charge in [0.1, 0.15) is 11.6 Å². The van der Waals surface area contributed by atoms with Crippen LogP contribution >= 0.6 is 11.3 Å². The zero-order chi connectivity index (χ0) is 28.5. The van der Waals surface area contributed by atoms with Crippen LogP contribution in [0.3, 0.4) is 0 Å². The van der Waals surface area contributed by atoms with E-state index in [-0.39, 0.29) is 17.3 Å². The Morgan fingerprint density at radius 3 is 2.33 bits per heavy atom. The maximum atomic E-state index is 15.9. The number of nitrogens with two attached hydrogens (primary N) is 1. The molecule has 39 heavy (non-hydrogen) atoms. The fraction of sp³-hybridized carbons (Fsp3) is 0.269. The molecule has 2 aromatic carbocycles. The third-order valence-electron chi connectivity index (χ3n) is 5.42. The van der Waals surface area contributed by atoms with Crippen molar-refractivity contribution >= 4 is 33.0 Å². The van der Waals surface area contributed by atoms with Gasteiger partial charge in [0.05, 0.1) is 27.0 Å². The summed E-state index contributed by atoms with van der Waals surface area (Å²) in [5, 5.41) is 3.74. The summed E-state index contributed by atoms with van der Waals surface area (Å²) in [6.07, 6.45) is 1.55. The zero-order valence-electron chi connectivity index (χ0n) is 21.6. The van der Waals surface area contributed by atoms with Crippen molar-refractivity contribution in [3.8, 4) is 21.8 Å². The van der Waals surface area contributed by atoms with E-state index in [0.717, 1.165) is 24.3 Å². The van der Waals surface area contributed by atoms with Crippen LogP contribution in [0.5, 0.6) is 0 Å². The molecule has 0 bridgehead atoms. The Balaban J connectivity index is 1.81. The fourth-order valence-corrected chi connectivity index (χ4v) is 5.85. The summed E-state index contributed by atoms with van der Waals surface area (Å²) in [6.45, 7) is 8.14. The fourth-order valence-electron chi connectivity index (χ4n) is 3.55. The highest BCUT2D eigenvalue weighted by molar-refractivity contribution is 7.92. The first-order valence-electron chi connectivity index (χ1n) is 11.9. The summed E-state index contributed by atoms with van der Waals surface area (Å²) in [4.78, 5) is 12.8. The molecule has 8 nitrogen and oxygen atoms in total. The number of nitrogens with zero attached hydrogens (tertiary/aromatic N) is 3. The lowest BCUT2D eigenvalue weighted by atomic mass is 9.98. The summed E-state index contributed by atoms with van der Waals surface area (Å²) < 4.78 is 71.9. The van der Waals surface area contributed by atoms with Crippen LogP contribution in [-0.4, -0.2) is 36.0 Å². The molecule has 0 radical (unpaired) electrons. The maximum absolute atomic E-state index is 15.9. The molecular formula is C26H27F3N6O2S2. The Bertz CT molecular complexity index is 1600. The third kappa shape index (κ3) is 6.21. The molecule has 13 heteroatoms. The van der Waals surface area contributed by atoms with E-state index >= 15 is 4.39 Å². The van der Waals surface area contributed by atoms with Gasteiger partial charge in [0.15, 0.2) is 10.7 Å². The van der Waals surface area contributed by atoms with Crippen LogP contribution in [0.4, 0.5) is 24.8 Å². The number of sulfonamides is 1. The number of benzene rings is 2. The molecule has 4 aromatic rings. The Morgan fingerprint density at radius 2 is 1.69 bits per heavy atom. The highest BCUT2D eigenvalue weighted by Gasteiger charge is 2.28. The number of hydrogen-bond donors (Lipinski definition) is 3. The molecule has 4 rings (SSSR count). The summed E-state index contributed by atoms with van der Waals surface area (Å²) in [7, 11) is -4.79. The molecule has 1 atom stereocenters. The minimum atomic E-state index is -4.79. The normalized spacial score (nSPS) is 12.8. The monoisotopic (exact) mass is 576 g/mol. The second kappa shape index (κ2) is 10.9. The van der Waals surface area contributed by atoms with Crippen LogP contribution in [0.15, 0.2) is 53.6 Å². The third-order valence-corrected chi connectivity index (χ3v) is 8.34. The average molecular weight is 577 g/mol. The van der Waals surface area contributed by atoms with Gasteiger partial charge in [0, 0.05) is 29.8 Å². The van der Waals surface area contributed by atoms with Crippen LogP contribution in [0.2, 0.25) is 0 Å². The first-order chi connectivity index (χ1) is 18.3. The zero-order valence-corrected chi connectivity index (χ0v) is 23.2. The highest BCUT2D eigenvalue weighted by atomic mass is 32.2. The summed E-state index contributed by atoms with van der Waals surface area (Å²) >= 11 is 1.32. The summed E-state index contributed by atoms with van der Waals surface area (Å²) in [5.74, 6) is -3.23. The average Bonchev–Trinajstić information content (AvgIpc) is 3.30. The number of nitrogens with one attached hydrogen (secondary N) is 2. The predicted octanol–water partition coefficient (Wildman–Crippen LogP) is 5.54. The molecule has 2 aromatic heterocycles. The Morgan fingerprint density at radius 1 is 1.03 bits per heavy atom. The molecule has 0 fully saturated rings. The minimum Gasteiger partial charge on any atom is -0.353 e. The van der Waals surface area contributed by atoms with Crippen LogP contribution in [0.25, 0.3) is 21.8 Å². The van der Waals surface area contributed by atoms with Gasteiger partial charge in [-0.15, -0.1) is 11.3 Å². The molecule has 0 saturated carbocycles. The second-order valence-electron chi connectivity index (χ2n) is 9.89. The van der Waals surface area contributed by atoms with Crippen molar-refractivity contribution < 1.29 is 21.6 Å². The van der Waals surface area contributed by atoms with Gasteiger partial charge in [-0.1, -0.05) is 32.9 Å². The van der Waals surface area contributed by atoms with E-state index in [1.54, 1.807) is 12.3 Å². The number of hydrogen-bond acceptors (Lipinski definition) is 8. The van der Waals surface area contributed by atoms with Gasteiger partial charge in [-0.2, -0.15) is 0 Å². The van der Waals surface area contributed by atoms with Crippen LogP contribution < -0.4 is 15.8 Å². The molecule has 0 amide bonds. The van der Waals surface area contributed by atoms with Gasteiger partial charge in [-0.3, -0.25) is 4.72 Å². The van der Waals surface area contributed by atoms with E-state index in [9.17, 15) is 17.2 Å². The lowest BCUT2D eigenvalue weighted by Gasteiger charge is -2.14. The second-order valence-corrected chi connectivity index (χ2v) is 12.5. The van der Waals surface area contributed by atoms with E-state index in [0.29, 0.717) is 28.1 Å². The molecule has 2 heterocycles. The number of anilines is 2. The molecule has 0 aliphatic carbocycles. The number of aromatic nitrogens is 3. The molecule has 0 aliphatic rings. The van der Waals surface area contributed by atoms with Gasteiger partial charge in [-0.25, -0.2) is 36.5 Å². The van der Waals surface area contributed by atoms with E-state index in [4.69, 9.17) is 10.7 Å². The lowest BCUT2D eigenvalue weighted by Crippen LogP contribution is -2.25. The van der Waals surface area contributed by atoms with Crippen molar-refractivity contribution in [3.63, 3.8) is 0 Å². The van der Waals surface area contributed by atoms with Gasteiger partial charge >= 0.3 is 0 Å². The number of halogens is 3. The first kappa shape index (κ1) is 28.5.